The van der Waals surface area contributed by atoms with Crippen molar-refractivity contribution in [1.82, 2.24) is 0 Å². The third-order valence-electron chi connectivity index (χ3n) is 2.06. The van der Waals surface area contributed by atoms with Gasteiger partial charge >= 0.3 is 12.4 Å². The number of allylic oxidation sites excluding steroid dienone is 2. The highest BCUT2D eigenvalue weighted by molar-refractivity contribution is 6.53. The Kier molecular flexibility index (Phi) is 2.67. The zero-order valence-electron chi connectivity index (χ0n) is 7.15. The van der Waals surface area contributed by atoms with E-state index in [-0.39, 0.29) is 0 Å². The van der Waals surface area contributed by atoms with E-state index in [1.54, 1.807) is 0 Å². The van der Waals surface area contributed by atoms with Gasteiger partial charge in [-0.2, -0.15) is 26.3 Å². The molecule has 0 spiro atoms. The second-order valence-electron chi connectivity index (χ2n) is 3.03. The van der Waals surface area contributed by atoms with Gasteiger partial charge in [0, 0.05) is 0 Å². The van der Waals surface area contributed by atoms with Crippen LogP contribution < -0.4 is 0 Å². The van der Waals surface area contributed by atoms with Gasteiger partial charge in [0.1, 0.15) is 0 Å². The zero-order chi connectivity index (χ0) is 11.9. The number of halogens is 6. The first-order chi connectivity index (χ1) is 6.61. The Morgan fingerprint density at radius 2 is 1.47 bits per heavy atom. The van der Waals surface area contributed by atoms with Crippen LogP contribution in [-0.4, -0.2) is 30.3 Å². The van der Waals surface area contributed by atoms with Crippen LogP contribution in [0.4, 0.5) is 26.3 Å². The molecule has 1 heterocycles. The minimum Gasteiger partial charge on any atom is -0.370 e. The maximum atomic E-state index is 12.2. The fourth-order valence-electron chi connectivity index (χ4n) is 1.24. The van der Waals surface area contributed by atoms with Crippen LogP contribution in [0.2, 0.25) is 0 Å². The van der Waals surface area contributed by atoms with Gasteiger partial charge < -0.3 is 5.11 Å². The summed E-state index contributed by atoms with van der Waals surface area (Å²) in [5, 5.41) is 8.83. The summed E-state index contributed by atoms with van der Waals surface area (Å²) < 4.78 is 73.3. The van der Waals surface area contributed by atoms with Crippen LogP contribution in [0.3, 0.4) is 0 Å². The molecule has 1 aliphatic heterocycles. The van der Waals surface area contributed by atoms with Crippen LogP contribution >= 0.6 is 0 Å². The van der Waals surface area contributed by atoms with Gasteiger partial charge in [0.25, 0.3) is 5.60 Å². The molecule has 0 aromatic carbocycles. The van der Waals surface area contributed by atoms with Crippen molar-refractivity contribution in [2.75, 3.05) is 0 Å². The third-order valence-corrected chi connectivity index (χ3v) is 2.06. The molecular weight excluding hydrogens is 225 g/mol. The van der Waals surface area contributed by atoms with E-state index < -0.39 is 30.7 Å². The molecule has 0 fully saturated rings. The quantitative estimate of drug-likeness (QED) is 0.536. The Morgan fingerprint density at radius 3 is 1.73 bits per heavy atom. The molecular formula is C7H5BF6O. The van der Waals surface area contributed by atoms with Crippen LogP contribution in [0, 0.1) is 0 Å². The lowest BCUT2D eigenvalue weighted by Crippen LogP contribution is -2.58. The van der Waals surface area contributed by atoms with Gasteiger partial charge in [-0.1, -0.05) is 17.6 Å². The lowest BCUT2D eigenvalue weighted by molar-refractivity contribution is -0.349. The van der Waals surface area contributed by atoms with Crippen molar-refractivity contribution in [2.24, 2.45) is 0 Å². The maximum Gasteiger partial charge on any atom is 0.429 e. The SMILES string of the molecule is OC(C1=CC=CB1)(C(F)(F)F)C(F)(F)F. The fourth-order valence-corrected chi connectivity index (χ4v) is 1.24. The molecule has 8 heteroatoms. The summed E-state index contributed by atoms with van der Waals surface area (Å²) in [7, 11) is -0.560. The van der Waals surface area contributed by atoms with E-state index in [4.69, 9.17) is 5.11 Å². The number of hydrogen-bond donors (Lipinski definition) is 1. The van der Waals surface area contributed by atoms with Gasteiger partial charge in [-0.3, -0.25) is 0 Å². The molecule has 1 rings (SSSR count). The summed E-state index contributed by atoms with van der Waals surface area (Å²) in [5.74, 6) is 1.11. The summed E-state index contributed by atoms with van der Waals surface area (Å²) in [6.07, 6.45) is -9.88. The van der Waals surface area contributed by atoms with Crippen molar-refractivity contribution in [3.8, 4) is 0 Å². The van der Waals surface area contributed by atoms with E-state index in [0.29, 0.717) is 6.08 Å². The van der Waals surface area contributed by atoms with Gasteiger partial charge in [0.2, 0.25) is 0 Å². The van der Waals surface area contributed by atoms with Crippen molar-refractivity contribution in [3.05, 3.63) is 23.6 Å². The van der Waals surface area contributed by atoms with E-state index in [1.165, 1.54) is 0 Å². The average Bonchev–Trinajstić information content (AvgIpc) is 2.49. The minimum absolute atomic E-state index is 0.560. The van der Waals surface area contributed by atoms with Gasteiger partial charge in [0.05, 0.1) is 0 Å². The van der Waals surface area contributed by atoms with Crippen LogP contribution in [-0.2, 0) is 0 Å². The van der Waals surface area contributed by atoms with Crippen LogP contribution in [0.5, 0.6) is 0 Å². The predicted octanol–water partition coefficient (Wildman–Crippen LogP) is 1.69. The fraction of sp³-hybridized carbons (Fsp3) is 0.429. The minimum atomic E-state index is -5.77. The van der Waals surface area contributed by atoms with Crippen LogP contribution in [0.15, 0.2) is 23.6 Å². The van der Waals surface area contributed by atoms with Crippen molar-refractivity contribution >= 4 is 7.28 Å². The van der Waals surface area contributed by atoms with E-state index in [2.05, 4.69) is 0 Å². The Labute approximate surface area is 81.3 Å². The first-order valence-electron chi connectivity index (χ1n) is 3.82. The summed E-state index contributed by atoms with van der Waals surface area (Å²) in [5.41, 5.74) is -5.86. The highest BCUT2D eigenvalue weighted by atomic mass is 19.4. The molecule has 0 unspecified atom stereocenters. The molecule has 1 N–H and O–H groups in total. The van der Waals surface area contributed by atoms with E-state index in [9.17, 15) is 26.3 Å². The topological polar surface area (TPSA) is 20.2 Å². The molecule has 0 atom stereocenters. The maximum absolute atomic E-state index is 12.2. The summed E-state index contributed by atoms with van der Waals surface area (Å²) >= 11 is 0. The standard InChI is InChI=1S/C7H5BF6O/c9-6(10,11)5(15,7(12,13)14)4-2-1-3-8-4/h1-3,8,15H. The summed E-state index contributed by atoms with van der Waals surface area (Å²) in [6.45, 7) is 0. The van der Waals surface area contributed by atoms with E-state index in [0.717, 1.165) is 12.1 Å². The van der Waals surface area contributed by atoms with Gasteiger partial charge in [0.15, 0.2) is 7.28 Å². The smallest absolute Gasteiger partial charge is 0.370 e. The second-order valence-corrected chi connectivity index (χ2v) is 3.03. The van der Waals surface area contributed by atoms with Crippen molar-refractivity contribution in [1.29, 1.82) is 0 Å². The third kappa shape index (κ3) is 1.78. The summed E-state index contributed by atoms with van der Waals surface area (Å²) in [6, 6.07) is 0. The molecule has 0 aromatic rings. The van der Waals surface area contributed by atoms with E-state index in [1.807, 2.05) is 0 Å². The Hall–Kier alpha value is -0.915. The molecule has 0 aromatic heterocycles. The van der Waals surface area contributed by atoms with Gasteiger partial charge in [-0.25, -0.2) is 0 Å². The monoisotopic (exact) mass is 230 g/mol. The lowest BCUT2D eigenvalue weighted by atomic mass is 9.64. The number of rotatable bonds is 1. The van der Waals surface area contributed by atoms with Gasteiger partial charge in [-0.05, 0) is 0 Å². The molecule has 0 saturated heterocycles. The molecule has 0 aliphatic carbocycles. The Bertz CT molecular complexity index is 298. The number of alkyl halides is 6. The number of hydrogen-bond acceptors (Lipinski definition) is 1. The molecule has 1 aliphatic rings. The van der Waals surface area contributed by atoms with Crippen molar-refractivity contribution in [2.45, 2.75) is 18.0 Å². The normalized spacial score (nSPS) is 17.7. The summed E-state index contributed by atoms with van der Waals surface area (Å²) in [4.78, 5) is 0. The predicted molar refractivity (Wildman–Crippen MR) is 41.4 cm³/mol. The molecule has 0 saturated carbocycles. The average molecular weight is 230 g/mol. The van der Waals surface area contributed by atoms with Gasteiger partial charge in [-0.15, -0.1) is 5.98 Å². The molecule has 0 bridgehead atoms. The largest absolute Gasteiger partial charge is 0.429 e. The van der Waals surface area contributed by atoms with Crippen molar-refractivity contribution in [3.63, 3.8) is 0 Å². The van der Waals surface area contributed by atoms with Crippen LogP contribution in [0.1, 0.15) is 0 Å². The molecule has 15 heavy (non-hydrogen) atoms. The molecule has 0 radical (unpaired) electrons. The second kappa shape index (κ2) is 3.29. The number of aliphatic hydroxyl groups is 1. The molecule has 1 nitrogen and oxygen atoms in total. The Morgan fingerprint density at radius 1 is 1.00 bits per heavy atom. The zero-order valence-corrected chi connectivity index (χ0v) is 7.15. The first kappa shape index (κ1) is 12.2. The van der Waals surface area contributed by atoms with E-state index >= 15 is 0 Å². The highest BCUT2D eigenvalue weighted by Gasteiger charge is 2.71. The lowest BCUT2D eigenvalue weighted by Gasteiger charge is -2.33. The molecule has 84 valence electrons. The Balaban J connectivity index is 3.20. The molecule has 0 amide bonds. The highest BCUT2D eigenvalue weighted by Crippen LogP contribution is 2.47. The van der Waals surface area contributed by atoms with Crippen LogP contribution in [0.25, 0.3) is 0 Å². The first-order valence-corrected chi connectivity index (χ1v) is 3.82. The van der Waals surface area contributed by atoms with Crippen molar-refractivity contribution < 1.29 is 31.4 Å².